The van der Waals surface area contributed by atoms with E-state index in [4.69, 9.17) is 9.47 Å². The van der Waals surface area contributed by atoms with Gasteiger partial charge in [0.2, 0.25) is 0 Å². The van der Waals surface area contributed by atoms with Gasteiger partial charge in [0.05, 0.1) is 31.4 Å². The number of nitrogens with zero attached hydrogens (tertiary/aromatic N) is 2. The van der Waals surface area contributed by atoms with Crippen molar-refractivity contribution in [3.8, 4) is 5.75 Å². The molecular formula is C27H34N2O4. The maximum absolute atomic E-state index is 13.5. The summed E-state index contributed by atoms with van der Waals surface area (Å²) in [6.45, 7) is 10.2. The second kappa shape index (κ2) is 11.7. The van der Waals surface area contributed by atoms with Crippen LogP contribution in [0.4, 0.5) is 0 Å². The van der Waals surface area contributed by atoms with Crippen molar-refractivity contribution in [3.05, 3.63) is 71.4 Å². The lowest BCUT2D eigenvalue weighted by Gasteiger charge is -2.25. The first-order valence-corrected chi connectivity index (χ1v) is 11.7. The quantitative estimate of drug-likeness (QED) is 0.446. The van der Waals surface area contributed by atoms with E-state index < -0.39 is 0 Å². The largest absolute Gasteiger partial charge is 0.494 e. The number of hydrogen-bond donors (Lipinski definition) is 0. The molecule has 2 aromatic rings. The zero-order chi connectivity index (χ0) is 23.8. The molecular weight excluding hydrogens is 416 g/mol. The zero-order valence-corrected chi connectivity index (χ0v) is 20.0. The van der Waals surface area contributed by atoms with E-state index in [1.54, 1.807) is 0 Å². The van der Waals surface area contributed by atoms with Crippen LogP contribution in [0.15, 0.2) is 60.3 Å². The molecule has 3 rings (SSSR count). The number of benzene rings is 2. The predicted molar refractivity (Wildman–Crippen MR) is 129 cm³/mol. The van der Waals surface area contributed by atoms with Gasteiger partial charge in [-0.25, -0.2) is 0 Å². The maximum atomic E-state index is 13.5. The molecule has 0 unspecified atom stereocenters. The third-order valence-electron chi connectivity index (χ3n) is 5.44. The highest BCUT2D eigenvalue weighted by molar-refractivity contribution is 6.35. The van der Waals surface area contributed by atoms with Crippen molar-refractivity contribution in [3.63, 3.8) is 0 Å². The molecule has 0 N–H and O–H groups in total. The van der Waals surface area contributed by atoms with Gasteiger partial charge < -0.3 is 14.4 Å². The topological polar surface area (TPSA) is 59.1 Å². The summed E-state index contributed by atoms with van der Waals surface area (Å²) >= 11 is 0. The second-order valence-corrected chi connectivity index (χ2v) is 8.28. The molecule has 6 heteroatoms. The lowest BCUT2D eigenvalue weighted by Crippen LogP contribution is -2.37. The molecule has 2 amide bonds. The van der Waals surface area contributed by atoms with Crippen LogP contribution in [0, 0.1) is 0 Å². The third-order valence-corrected chi connectivity index (χ3v) is 5.44. The molecule has 0 saturated heterocycles. The molecule has 176 valence electrons. The Kier molecular flexibility index (Phi) is 8.66. The van der Waals surface area contributed by atoms with Gasteiger partial charge in [-0.3, -0.25) is 14.5 Å². The first kappa shape index (κ1) is 24.5. The van der Waals surface area contributed by atoms with E-state index in [1.807, 2.05) is 80.3 Å². The van der Waals surface area contributed by atoms with Crippen molar-refractivity contribution in [2.45, 2.75) is 46.8 Å². The van der Waals surface area contributed by atoms with Crippen molar-refractivity contribution in [1.82, 2.24) is 9.80 Å². The van der Waals surface area contributed by atoms with Gasteiger partial charge in [0, 0.05) is 13.1 Å². The molecule has 1 aliphatic heterocycles. The van der Waals surface area contributed by atoms with Crippen molar-refractivity contribution in [1.29, 1.82) is 0 Å². The van der Waals surface area contributed by atoms with Crippen LogP contribution in [0.25, 0.3) is 5.57 Å². The minimum Gasteiger partial charge on any atom is -0.494 e. The number of hydrogen-bond acceptors (Lipinski definition) is 5. The summed E-state index contributed by atoms with van der Waals surface area (Å²) in [7, 11) is 0. The summed E-state index contributed by atoms with van der Waals surface area (Å²) in [5.41, 5.74) is 2.67. The van der Waals surface area contributed by atoms with Gasteiger partial charge in [0.25, 0.3) is 11.8 Å². The number of amides is 2. The molecule has 6 nitrogen and oxygen atoms in total. The van der Waals surface area contributed by atoms with Crippen LogP contribution in [-0.4, -0.2) is 54.0 Å². The van der Waals surface area contributed by atoms with Gasteiger partial charge in [0.1, 0.15) is 11.4 Å². The molecule has 0 aromatic heterocycles. The predicted octanol–water partition coefficient (Wildman–Crippen LogP) is 4.50. The summed E-state index contributed by atoms with van der Waals surface area (Å²) < 4.78 is 11.3. The van der Waals surface area contributed by atoms with Crippen LogP contribution in [0.2, 0.25) is 0 Å². The summed E-state index contributed by atoms with van der Waals surface area (Å²) in [6.07, 6.45) is 0.952. The van der Waals surface area contributed by atoms with E-state index in [0.29, 0.717) is 43.1 Å². The fourth-order valence-corrected chi connectivity index (χ4v) is 3.79. The van der Waals surface area contributed by atoms with E-state index in [0.717, 1.165) is 17.7 Å². The highest BCUT2D eigenvalue weighted by atomic mass is 16.5. The average Bonchev–Trinajstić information content (AvgIpc) is 3.06. The Morgan fingerprint density at radius 1 is 0.909 bits per heavy atom. The highest BCUT2D eigenvalue weighted by Crippen LogP contribution is 2.33. The lowest BCUT2D eigenvalue weighted by atomic mass is 10.0. The number of likely N-dealkylation sites (N-methyl/N-ethyl adjacent to an activating group) is 1. The van der Waals surface area contributed by atoms with Gasteiger partial charge in [-0.1, -0.05) is 49.4 Å². The Bertz CT molecular complexity index is 967. The highest BCUT2D eigenvalue weighted by Gasteiger charge is 2.41. The van der Waals surface area contributed by atoms with Crippen LogP contribution in [0.5, 0.6) is 5.75 Å². The Labute approximate surface area is 196 Å². The molecule has 0 atom stereocenters. The van der Waals surface area contributed by atoms with Gasteiger partial charge in [-0.15, -0.1) is 0 Å². The Morgan fingerprint density at radius 3 is 2.21 bits per heavy atom. The fraction of sp³-hybridized carbons (Fsp3) is 0.407. The van der Waals surface area contributed by atoms with E-state index in [1.165, 1.54) is 4.90 Å². The van der Waals surface area contributed by atoms with E-state index in [-0.39, 0.29) is 24.5 Å². The van der Waals surface area contributed by atoms with Crippen LogP contribution in [-0.2, 0) is 20.9 Å². The lowest BCUT2D eigenvalue weighted by molar-refractivity contribution is -0.138. The number of carbonyl (C=O) groups excluding carboxylic acids is 2. The molecule has 1 heterocycles. The Balaban J connectivity index is 1.96. The molecule has 0 fully saturated rings. The molecule has 0 radical (unpaired) electrons. The summed E-state index contributed by atoms with van der Waals surface area (Å²) in [6, 6.07) is 17.4. The molecule has 0 spiro atoms. The molecule has 33 heavy (non-hydrogen) atoms. The first-order valence-electron chi connectivity index (χ1n) is 11.7. The van der Waals surface area contributed by atoms with E-state index >= 15 is 0 Å². The van der Waals surface area contributed by atoms with Crippen LogP contribution in [0.1, 0.15) is 45.2 Å². The van der Waals surface area contributed by atoms with Crippen molar-refractivity contribution >= 4 is 17.4 Å². The van der Waals surface area contributed by atoms with Crippen molar-refractivity contribution in [2.75, 3.05) is 26.3 Å². The van der Waals surface area contributed by atoms with Crippen LogP contribution < -0.4 is 4.74 Å². The molecule has 0 bridgehead atoms. The second-order valence-electron chi connectivity index (χ2n) is 8.28. The first-order chi connectivity index (χ1) is 16.0. The van der Waals surface area contributed by atoms with Crippen molar-refractivity contribution < 1.29 is 19.1 Å². The number of ether oxygens (including phenoxy) is 2. The van der Waals surface area contributed by atoms with Crippen LogP contribution in [0.3, 0.4) is 0 Å². The fourth-order valence-electron chi connectivity index (χ4n) is 3.79. The number of carbonyl (C=O) groups is 2. The summed E-state index contributed by atoms with van der Waals surface area (Å²) in [5, 5.41) is 0. The average molecular weight is 451 g/mol. The molecule has 0 saturated carbocycles. The van der Waals surface area contributed by atoms with E-state index in [2.05, 4.69) is 6.92 Å². The van der Waals surface area contributed by atoms with Gasteiger partial charge >= 0.3 is 0 Å². The van der Waals surface area contributed by atoms with Gasteiger partial charge in [-0.05, 0) is 50.5 Å². The molecule has 2 aromatic carbocycles. The normalized spacial score (nSPS) is 13.9. The zero-order valence-electron chi connectivity index (χ0n) is 20.0. The summed E-state index contributed by atoms with van der Waals surface area (Å²) in [5.74, 6) is 0.195. The SMILES string of the molecule is CCCOc1ccc(C2=C(N(CC)Cc3ccccc3)C(=O)N(CCOC(C)C)C2=O)cc1. The van der Waals surface area contributed by atoms with Crippen molar-refractivity contribution in [2.24, 2.45) is 0 Å². The van der Waals surface area contributed by atoms with Crippen LogP contribution >= 0.6 is 0 Å². The standard InChI is InChI=1S/C27H34N2O4/c1-5-17-33-23-14-12-22(13-15-23)24-25(28(6-2)19-21-10-8-7-9-11-21)27(31)29(26(24)30)16-18-32-20(3)4/h7-15,20H,5-6,16-19H2,1-4H3. The third kappa shape index (κ3) is 6.02. The maximum Gasteiger partial charge on any atom is 0.277 e. The summed E-state index contributed by atoms with van der Waals surface area (Å²) in [4.78, 5) is 30.3. The Hall–Kier alpha value is -3.12. The Morgan fingerprint density at radius 2 is 1.61 bits per heavy atom. The van der Waals surface area contributed by atoms with E-state index in [9.17, 15) is 9.59 Å². The minimum atomic E-state index is -0.281. The van der Waals surface area contributed by atoms with Gasteiger partial charge in [-0.2, -0.15) is 0 Å². The molecule has 1 aliphatic rings. The number of imide groups is 1. The smallest absolute Gasteiger partial charge is 0.277 e. The number of rotatable bonds is 12. The van der Waals surface area contributed by atoms with Gasteiger partial charge in [0.15, 0.2) is 0 Å². The monoisotopic (exact) mass is 450 g/mol. The minimum absolute atomic E-state index is 0.0330. The molecule has 0 aliphatic carbocycles.